The third-order valence-corrected chi connectivity index (χ3v) is 6.19. The van der Waals surface area contributed by atoms with Gasteiger partial charge >= 0.3 is 0 Å². The van der Waals surface area contributed by atoms with Crippen molar-refractivity contribution in [2.75, 3.05) is 45.7 Å². The smallest absolute Gasteiger partial charge is 0.294 e. The standard InChI is InChI=1S/C22H30N4O3.C4H11N/c1-16-20(18-5-4-6-19(15-18)29-3)26(13-14-27)22(28)21(24-16)25(2)12-9-17-7-10-23-11-8-17;1-4(2)5-3/h4-6,14-15,17,23H,7-13H2,1-3H3;4-5H,1-3H3. The van der Waals surface area contributed by atoms with Gasteiger partial charge in [-0.3, -0.25) is 9.36 Å². The number of nitrogens with zero attached hydrogens (tertiary/aromatic N) is 3. The molecule has 2 aromatic rings. The van der Waals surface area contributed by atoms with Gasteiger partial charge in [-0.1, -0.05) is 26.0 Å². The number of carbonyl (C=O) groups is 1. The first-order valence-electron chi connectivity index (χ1n) is 12.1. The minimum atomic E-state index is -0.242. The Morgan fingerprint density at radius 2 is 2.00 bits per heavy atom. The minimum absolute atomic E-state index is 0.0100. The first-order chi connectivity index (χ1) is 16.3. The van der Waals surface area contributed by atoms with Crippen LogP contribution in [0.3, 0.4) is 0 Å². The van der Waals surface area contributed by atoms with E-state index in [1.165, 1.54) is 17.4 Å². The lowest BCUT2D eigenvalue weighted by atomic mass is 9.94. The number of carbonyl (C=O) groups excluding carboxylic acids is 1. The molecule has 1 fully saturated rings. The highest BCUT2D eigenvalue weighted by Gasteiger charge is 2.20. The van der Waals surface area contributed by atoms with Gasteiger partial charge < -0.3 is 25.1 Å². The number of aromatic nitrogens is 2. The van der Waals surface area contributed by atoms with Gasteiger partial charge in [0.1, 0.15) is 12.0 Å². The van der Waals surface area contributed by atoms with Crippen molar-refractivity contribution in [2.24, 2.45) is 5.92 Å². The summed E-state index contributed by atoms with van der Waals surface area (Å²) in [5.74, 6) is 1.76. The van der Waals surface area contributed by atoms with Crippen molar-refractivity contribution < 1.29 is 9.53 Å². The van der Waals surface area contributed by atoms with Crippen molar-refractivity contribution in [1.82, 2.24) is 20.2 Å². The number of piperidine rings is 1. The Labute approximate surface area is 203 Å². The van der Waals surface area contributed by atoms with E-state index in [0.29, 0.717) is 34.9 Å². The van der Waals surface area contributed by atoms with Gasteiger partial charge in [-0.05, 0) is 64.4 Å². The van der Waals surface area contributed by atoms with Crippen LogP contribution in [0.4, 0.5) is 5.82 Å². The maximum atomic E-state index is 13.2. The molecule has 1 aromatic heterocycles. The van der Waals surface area contributed by atoms with Crippen LogP contribution < -0.4 is 25.8 Å². The predicted octanol–water partition coefficient (Wildman–Crippen LogP) is 2.87. The zero-order valence-corrected chi connectivity index (χ0v) is 21.6. The molecule has 2 N–H and O–H groups in total. The average molecular weight is 472 g/mol. The second-order valence-electron chi connectivity index (χ2n) is 9.03. The van der Waals surface area contributed by atoms with Crippen molar-refractivity contribution in [3.8, 4) is 17.0 Å². The summed E-state index contributed by atoms with van der Waals surface area (Å²) in [5.41, 5.74) is 1.92. The molecule has 0 spiro atoms. The number of nitrogens with one attached hydrogen (secondary N) is 2. The highest BCUT2D eigenvalue weighted by Crippen LogP contribution is 2.26. The van der Waals surface area contributed by atoms with E-state index in [9.17, 15) is 9.59 Å². The van der Waals surface area contributed by atoms with E-state index in [2.05, 4.69) is 29.5 Å². The molecule has 0 atom stereocenters. The molecule has 0 unspecified atom stereocenters. The summed E-state index contributed by atoms with van der Waals surface area (Å²) in [7, 11) is 5.45. The molecule has 0 bridgehead atoms. The molecular weight excluding hydrogens is 430 g/mol. The van der Waals surface area contributed by atoms with Gasteiger partial charge in [0.15, 0.2) is 5.82 Å². The summed E-state index contributed by atoms with van der Waals surface area (Å²) >= 11 is 0. The maximum Gasteiger partial charge on any atom is 0.294 e. The largest absolute Gasteiger partial charge is 0.497 e. The topological polar surface area (TPSA) is 88.5 Å². The van der Waals surface area contributed by atoms with E-state index < -0.39 is 0 Å². The number of rotatable bonds is 9. The lowest BCUT2D eigenvalue weighted by Gasteiger charge is -2.26. The number of hydrogen-bond acceptors (Lipinski definition) is 7. The Kier molecular flexibility index (Phi) is 11.2. The van der Waals surface area contributed by atoms with Crippen LogP contribution in [0.5, 0.6) is 5.75 Å². The molecule has 2 heterocycles. The second-order valence-corrected chi connectivity index (χ2v) is 9.03. The fourth-order valence-electron chi connectivity index (χ4n) is 3.96. The molecule has 34 heavy (non-hydrogen) atoms. The molecule has 188 valence electrons. The number of hydrogen-bond donors (Lipinski definition) is 2. The van der Waals surface area contributed by atoms with Crippen LogP contribution in [0, 0.1) is 12.8 Å². The first-order valence-corrected chi connectivity index (χ1v) is 12.1. The highest BCUT2D eigenvalue weighted by molar-refractivity contribution is 5.66. The number of ether oxygens (including phenoxy) is 1. The van der Waals surface area contributed by atoms with E-state index in [1.54, 1.807) is 7.11 Å². The van der Waals surface area contributed by atoms with E-state index in [1.807, 2.05) is 50.2 Å². The monoisotopic (exact) mass is 471 g/mol. The molecule has 0 radical (unpaired) electrons. The van der Waals surface area contributed by atoms with Crippen LogP contribution in [-0.2, 0) is 11.3 Å². The van der Waals surface area contributed by atoms with E-state index in [-0.39, 0.29) is 12.1 Å². The first kappa shape index (κ1) is 27.5. The van der Waals surface area contributed by atoms with Gasteiger partial charge in [0.25, 0.3) is 5.56 Å². The van der Waals surface area contributed by atoms with Crippen molar-refractivity contribution in [1.29, 1.82) is 0 Å². The molecule has 0 aliphatic carbocycles. The summed E-state index contributed by atoms with van der Waals surface area (Å²) in [6.45, 7) is 8.98. The lowest BCUT2D eigenvalue weighted by Crippen LogP contribution is -2.35. The summed E-state index contributed by atoms with van der Waals surface area (Å²) in [5, 5.41) is 6.41. The molecule has 1 aliphatic heterocycles. The Balaban J connectivity index is 0.000000739. The van der Waals surface area contributed by atoms with Crippen molar-refractivity contribution in [3.05, 3.63) is 40.3 Å². The van der Waals surface area contributed by atoms with E-state index in [4.69, 9.17) is 4.74 Å². The number of anilines is 1. The van der Waals surface area contributed by atoms with E-state index >= 15 is 0 Å². The van der Waals surface area contributed by atoms with Crippen molar-refractivity contribution in [2.45, 2.75) is 52.6 Å². The minimum Gasteiger partial charge on any atom is -0.497 e. The highest BCUT2D eigenvalue weighted by atomic mass is 16.5. The number of methoxy groups -OCH3 is 1. The summed E-state index contributed by atoms with van der Waals surface area (Å²) in [6, 6.07) is 8.09. The molecular formula is C26H41N5O3. The predicted molar refractivity (Wildman–Crippen MR) is 139 cm³/mol. The van der Waals surface area contributed by atoms with Crippen LogP contribution in [-0.4, -0.2) is 62.7 Å². The third kappa shape index (κ3) is 7.67. The number of aryl methyl sites for hydroxylation is 1. The quantitative estimate of drug-likeness (QED) is 0.544. The molecule has 8 nitrogen and oxygen atoms in total. The Bertz CT molecular complexity index is 967. The fourth-order valence-corrected chi connectivity index (χ4v) is 3.96. The van der Waals surface area contributed by atoms with Gasteiger partial charge in [-0.2, -0.15) is 0 Å². The van der Waals surface area contributed by atoms with Crippen LogP contribution in [0.2, 0.25) is 0 Å². The molecule has 0 saturated carbocycles. The summed E-state index contributed by atoms with van der Waals surface area (Å²) in [4.78, 5) is 31.1. The van der Waals surface area contributed by atoms with Crippen LogP contribution in [0.1, 0.15) is 38.8 Å². The number of benzene rings is 1. The van der Waals surface area contributed by atoms with Crippen LogP contribution in [0.15, 0.2) is 29.1 Å². The van der Waals surface area contributed by atoms with Crippen molar-refractivity contribution in [3.63, 3.8) is 0 Å². The average Bonchev–Trinajstić information content (AvgIpc) is 2.85. The molecule has 1 saturated heterocycles. The Morgan fingerprint density at radius 1 is 1.32 bits per heavy atom. The zero-order valence-electron chi connectivity index (χ0n) is 21.6. The molecule has 1 aromatic carbocycles. The Hall–Kier alpha value is -2.71. The van der Waals surface area contributed by atoms with Gasteiger partial charge in [0.05, 0.1) is 25.0 Å². The van der Waals surface area contributed by atoms with Crippen LogP contribution in [0.25, 0.3) is 11.3 Å². The van der Waals surface area contributed by atoms with Gasteiger partial charge in [0, 0.05) is 25.2 Å². The van der Waals surface area contributed by atoms with Gasteiger partial charge in [-0.15, -0.1) is 0 Å². The third-order valence-electron chi connectivity index (χ3n) is 6.19. The number of aldehydes is 1. The van der Waals surface area contributed by atoms with Gasteiger partial charge in [0.2, 0.25) is 0 Å². The second kappa shape index (κ2) is 13.9. The van der Waals surface area contributed by atoms with Crippen LogP contribution >= 0.6 is 0 Å². The lowest BCUT2D eigenvalue weighted by molar-refractivity contribution is -0.108. The maximum absolute atomic E-state index is 13.2. The molecule has 1 aliphatic rings. The SMILES string of the molecule is CNC(C)C.COc1cccc(-c2c(C)nc(N(C)CCC3CCNCC3)c(=O)n2CC=O)c1. The van der Waals surface area contributed by atoms with E-state index in [0.717, 1.165) is 37.9 Å². The fraction of sp³-hybridized carbons (Fsp3) is 0.577. The summed E-state index contributed by atoms with van der Waals surface area (Å²) in [6.07, 6.45) is 4.13. The van der Waals surface area contributed by atoms with Gasteiger partial charge in [-0.25, -0.2) is 4.98 Å². The summed E-state index contributed by atoms with van der Waals surface area (Å²) < 4.78 is 6.82. The molecule has 0 amide bonds. The Morgan fingerprint density at radius 3 is 2.59 bits per heavy atom. The normalized spacial score (nSPS) is 13.9. The van der Waals surface area contributed by atoms with Crippen molar-refractivity contribution >= 4 is 12.1 Å². The zero-order chi connectivity index (χ0) is 25.1. The molecule has 8 heteroatoms. The molecule has 3 rings (SSSR count).